The monoisotopic (exact) mass is 400 g/mol. The first kappa shape index (κ1) is 18.2. The van der Waals surface area contributed by atoms with Crippen LogP contribution in [0, 0.1) is 6.92 Å². The molecule has 2 heterocycles. The Morgan fingerprint density at radius 2 is 2.11 bits per heavy atom. The minimum absolute atomic E-state index is 0.0728. The van der Waals surface area contributed by atoms with Crippen molar-refractivity contribution in [1.82, 2.24) is 15.0 Å². The standard InChI is InChI=1S/C19H20N4O2S2/c1-10-7-8-14-15(9-10)27-19(21-14)22-16(24)11(2)26-18-20-13-6-4-3-5-12(13)17(25)23-18/h7-9,11H,3-6H2,1-2H3,(H,20,23,25)(H,21,22,24). The van der Waals surface area contributed by atoms with Crippen LogP contribution in [0.2, 0.25) is 0 Å². The molecule has 1 aromatic carbocycles. The topological polar surface area (TPSA) is 87.7 Å². The van der Waals surface area contributed by atoms with Crippen molar-refractivity contribution in [3.63, 3.8) is 0 Å². The molecule has 0 fully saturated rings. The summed E-state index contributed by atoms with van der Waals surface area (Å²) in [6.45, 7) is 3.83. The molecule has 1 atom stereocenters. The number of aryl methyl sites for hydroxylation is 2. The molecule has 1 aliphatic rings. The average molecular weight is 401 g/mol. The number of thioether (sulfide) groups is 1. The number of carbonyl (C=O) groups excluding carboxylic acids is 1. The summed E-state index contributed by atoms with van der Waals surface area (Å²) in [5, 5.41) is 3.56. The van der Waals surface area contributed by atoms with Crippen molar-refractivity contribution in [2.24, 2.45) is 0 Å². The van der Waals surface area contributed by atoms with E-state index in [2.05, 4.69) is 26.3 Å². The second-order valence-corrected chi connectivity index (χ2v) is 9.10. The number of hydrogen-bond acceptors (Lipinski definition) is 6. The summed E-state index contributed by atoms with van der Waals surface area (Å²) >= 11 is 2.72. The third-order valence-electron chi connectivity index (χ3n) is 4.60. The Morgan fingerprint density at radius 3 is 2.96 bits per heavy atom. The summed E-state index contributed by atoms with van der Waals surface area (Å²) in [5.41, 5.74) is 3.64. The molecule has 2 N–H and O–H groups in total. The maximum absolute atomic E-state index is 12.5. The number of amides is 1. The highest BCUT2D eigenvalue weighted by molar-refractivity contribution is 8.00. The number of nitrogens with zero attached hydrogens (tertiary/aromatic N) is 2. The van der Waals surface area contributed by atoms with Gasteiger partial charge in [0.15, 0.2) is 10.3 Å². The van der Waals surface area contributed by atoms with Gasteiger partial charge in [-0.2, -0.15) is 0 Å². The molecule has 4 rings (SSSR count). The third-order valence-corrected chi connectivity index (χ3v) is 6.52. The van der Waals surface area contributed by atoms with Gasteiger partial charge in [-0.3, -0.25) is 9.59 Å². The number of anilines is 1. The number of thiazole rings is 1. The number of aromatic nitrogens is 3. The van der Waals surface area contributed by atoms with E-state index in [-0.39, 0.29) is 11.5 Å². The van der Waals surface area contributed by atoms with E-state index < -0.39 is 5.25 Å². The Labute approximate surface area is 164 Å². The number of H-pyrrole nitrogens is 1. The molecule has 1 aliphatic carbocycles. The van der Waals surface area contributed by atoms with Crippen LogP contribution in [-0.4, -0.2) is 26.1 Å². The first-order valence-electron chi connectivity index (χ1n) is 8.96. The van der Waals surface area contributed by atoms with Crippen LogP contribution >= 0.6 is 23.1 Å². The molecule has 27 heavy (non-hydrogen) atoms. The quantitative estimate of drug-likeness (QED) is 0.515. The van der Waals surface area contributed by atoms with Crippen LogP contribution in [0.4, 0.5) is 5.13 Å². The highest BCUT2D eigenvalue weighted by Crippen LogP contribution is 2.28. The van der Waals surface area contributed by atoms with Gasteiger partial charge in [0, 0.05) is 5.56 Å². The fourth-order valence-corrected chi connectivity index (χ4v) is 4.93. The van der Waals surface area contributed by atoms with E-state index in [4.69, 9.17) is 0 Å². The molecular formula is C19H20N4O2S2. The van der Waals surface area contributed by atoms with Crippen molar-refractivity contribution in [1.29, 1.82) is 0 Å². The normalized spacial score (nSPS) is 14.7. The smallest absolute Gasteiger partial charge is 0.254 e. The highest BCUT2D eigenvalue weighted by atomic mass is 32.2. The molecule has 0 radical (unpaired) electrons. The van der Waals surface area contributed by atoms with Crippen molar-refractivity contribution in [2.45, 2.75) is 49.9 Å². The summed E-state index contributed by atoms with van der Waals surface area (Å²) in [7, 11) is 0. The Balaban J connectivity index is 1.47. The largest absolute Gasteiger partial charge is 0.301 e. The van der Waals surface area contributed by atoms with E-state index in [0.717, 1.165) is 52.7 Å². The number of benzene rings is 1. The van der Waals surface area contributed by atoms with Gasteiger partial charge in [-0.1, -0.05) is 29.2 Å². The molecule has 140 valence electrons. The minimum Gasteiger partial charge on any atom is -0.301 e. The number of rotatable bonds is 4. The average Bonchev–Trinajstić information content (AvgIpc) is 3.03. The summed E-state index contributed by atoms with van der Waals surface area (Å²) in [5.74, 6) is -0.156. The second kappa shape index (κ2) is 7.44. The van der Waals surface area contributed by atoms with Crippen LogP contribution in [-0.2, 0) is 17.6 Å². The third kappa shape index (κ3) is 3.91. The van der Waals surface area contributed by atoms with Crippen molar-refractivity contribution in [2.75, 3.05) is 5.32 Å². The van der Waals surface area contributed by atoms with Crippen LogP contribution in [0.1, 0.15) is 36.6 Å². The van der Waals surface area contributed by atoms with Crippen LogP contribution in [0.15, 0.2) is 28.2 Å². The molecule has 1 unspecified atom stereocenters. The van der Waals surface area contributed by atoms with Crippen molar-refractivity contribution < 1.29 is 4.79 Å². The van der Waals surface area contributed by atoms with Gasteiger partial charge in [0.1, 0.15) is 0 Å². The molecule has 3 aromatic rings. The van der Waals surface area contributed by atoms with Gasteiger partial charge in [0.25, 0.3) is 5.56 Å². The van der Waals surface area contributed by atoms with Gasteiger partial charge in [0.2, 0.25) is 5.91 Å². The molecule has 2 aromatic heterocycles. The lowest BCUT2D eigenvalue weighted by molar-refractivity contribution is -0.115. The Morgan fingerprint density at radius 1 is 1.30 bits per heavy atom. The summed E-state index contributed by atoms with van der Waals surface area (Å²) in [6, 6.07) is 6.02. The van der Waals surface area contributed by atoms with E-state index in [1.54, 1.807) is 6.92 Å². The molecule has 0 bridgehead atoms. The van der Waals surface area contributed by atoms with Crippen LogP contribution in [0.3, 0.4) is 0 Å². The number of nitrogens with one attached hydrogen (secondary N) is 2. The molecule has 0 spiro atoms. The Hall–Kier alpha value is -2.19. The zero-order valence-corrected chi connectivity index (χ0v) is 16.8. The lowest BCUT2D eigenvalue weighted by Crippen LogP contribution is -2.25. The predicted molar refractivity (Wildman–Crippen MR) is 110 cm³/mol. The van der Waals surface area contributed by atoms with Crippen LogP contribution < -0.4 is 10.9 Å². The van der Waals surface area contributed by atoms with E-state index >= 15 is 0 Å². The van der Waals surface area contributed by atoms with Gasteiger partial charge in [-0.15, -0.1) is 0 Å². The Bertz CT molecular complexity index is 1070. The van der Waals surface area contributed by atoms with Gasteiger partial charge in [-0.05, 0) is 57.2 Å². The van der Waals surface area contributed by atoms with Gasteiger partial charge in [0.05, 0.1) is 21.2 Å². The van der Waals surface area contributed by atoms with E-state index in [9.17, 15) is 9.59 Å². The Kier molecular flexibility index (Phi) is 5.01. The second-order valence-electron chi connectivity index (χ2n) is 6.74. The maximum atomic E-state index is 12.5. The number of aromatic amines is 1. The van der Waals surface area contributed by atoms with E-state index in [1.165, 1.54) is 23.1 Å². The van der Waals surface area contributed by atoms with Gasteiger partial charge >= 0.3 is 0 Å². The number of hydrogen-bond donors (Lipinski definition) is 2. The first-order valence-corrected chi connectivity index (χ1v) is 10.7. The SMILES string of the molecule is Cc1ccc2nc(NC(=O)C(C)Sc3nc4c(c(=O)[nH]3)CCCC4)sc2c1. The van der Waals surface area contributed by atoms with Crippen molar-refractivity contribution in [3.8, 4) is 0 Å². The summed E-state index contributed by atoms with van der Waals surface area (Å²) in [6.07, 6.45) is 3.71. The first-order chi connectivity index (χ1) is 13.0. The fraction of sp³-hybridized carbons (Fsp3) is 0.368. The molecule has 1 amide bonds. The number of carbonyl (C=O) groups is 1. The predicted octanol–water partition coefficient (Wildman–Crippen LogP) is 3.69. The molecular weight excluding hydrogens is 380 g/mol. The molecule has 8 heteroatoms. The summed E-state index contributed by atoms with van der Waals surface area (Å²) in [4.78, 5) is 36.6. The highest BCUT2D eigenvalue weighted by Gasteiger charge is 2.20. The fourth-order valence-electron chi connectivity index (χ4n) is 3.15. The molecule has 0 saturated heterocycles. The van der Waals surface area contributed by atoms with Crippen molar-refractivity contribution >= 4 is 44.4 Å². The molecule has 0 aliphatic heterocycles. The molecule has 6 nitrogen and oxygen atoms in total. The number of fused-ring (bicyclic) bond motifs is 2. The van der Waals surface area contributed by atoms with Crippen LogP contribution in [0.5, 0.6) is 0 Å². The van der Waals surface area contributed by atoms with Crippen LogP contribution in [0.25, 0.3) is 10.2 Å². The van der Waals surface area contributed by atoms with Crippen molar-refractivity contribution in [3.05, 3.63) is 45.4 Å². The zero-order chi connectivity index (χ0) is 19.0. The van der Waals surface area contributed by atoms with Gasteiger partial charge in [-0.25, -0.2) is 9.97 Å². The molecule has 0 saturated carbocycles. The lowest BCUT2D eigenvalue weighted by Gasteiger charge is -2.15. The van der Waals surface area contributed by atoms with E-state index in [0.29, 0.717) is 10.3 Å². The minimum atomic E-state index is -0.400. The lowest BCUT2D eigenvalue weighted by atomic mass is 9.97. The van der Waals surface area contributed by atoms with Gasteiger partial charge < -0.3 is 10.3 Å². The maximum Gasteiger partial charge on any atom is 0.254 e. The zero-order valence-electron chi connectivity index (χ0n) is 15.2. The summed E-state index contributed by atoms with van der Waals surface area (Å²) < 4.78 is 1.05. The van der Waals surface area contributed by atoms with E-state index in [1.807, 2.05) is 19.1 Å².